The lowest BCUT2D eigenvalue weighted by atomic mass is 9.49. The van der Waals surface area contributed by atoms with Crippen LogP contribution in [0.25, 0.3) is 0 Å². The number of aliphatic carboxylic acids is 1. The first-order chi connectivity index (χ1) is 7.71. The first-order valence-corrected chi connectivity index (χ1v) is 6.94. The van der Waals surface area contributed by atoms with Crippen LogP contribution in [0.3, 0.4) is 0 Å². The van der Waals surface area contributed by atoms with Crippen molar-refractivity contribution in [1.29, 1.82) is 0 Å². The molecule has 16 heavy (non-hydrogen) atoms. The van der Waals surface area contributed by atoms with Crippen molar-refractivity contribution < 1.29 is 9.90 Å². The fourth-order valence-corrected chi connectivity index (χ4v) is 7.18. The Morgan fingerprint density at radius 3 is 2.06 bits per heavy atom. The Kier molecular flexibility index (Phi) is 1.18. The Morgan fingerprint density at radius 1 is 0.938 bits per heavy atom. The van der Waals surface area contributed by atoms with Gasteiger partial charge in [0, 0.05) is 0 Å². The van der Waals surface area contributed by atoms with Crippen LogP contribution in [0.5, 0.6) is 0 Å². The largest absolute Gasteiger partial charge is 0.481 e. The van der Waals surface area contributed by atoms with E-state index in [1.807, 2.05) is 0 Å². The molecule has 0 aromatic carbocycles. The minimum absolute atomic E-state index is 0.253. The lowest BCUT2D eigenvalue weighted by Crippen LogP contribution is -2.49. The summed E-state index contributed by atoms with van der Waals surface area (Å²) in [5, 5.41) is 9.67. The van der Waals surface area contributed by atoms with E-state index in [2.05, 4.69) is 0 Å². The molecular weight excluding hydrogens is 200 g/mol. The number of carboxylic acids is 1. The highest BCUT2D eigenvalue weighted by Crippen LogP contribution is 2.79. The van der Waals surface area contributed by atoms with E-state index in [9.17, 15) is 9.90 Å². The van der Waals surface area contributed by atoms with Gasteiger partial charge in [0.1, 0.15) is 0 Å². The van der Waals surface area contributed by atoms with Gasteiger partial charge in [-0.1, -0.05) is 0 Å². The van der Waals surface area contributed by atoms with Gasteiger partial charge in [-0.25, -0.2) is 0 Å². The Hall–Kier alpha value is -0.530. The van der Waals surface area contributed by atoms with E-state index in [0.717, 1.165) is 48.3 Å². The van der Waals surface area contributed by atoms with E-state index in [4.69, 9.17) is 0 Å². The van der Waals surface area contributed by atoms with Crippen LogP contribution < -0.4 is 0 Å². The SMILES string of the molecule is O=C(O)C12C[C@@H]3C4CC5C[C@@H]3C1[C@H](C5)[C@H]4C2. The summed E-state index contributed by atoms with van der Waals surface area (Å²) in [5.41, 5.74) is -0.253. The zero-order valence-corrected chi connectivity index (χ0v) is 9.43. The standard InChI is InChI=1S/C14H18O2/c15-13(16)14-4-10-7-1-6-2-8(10)12(14)9(3-6)11(7)5-14/h6-12H,1-5H2,(H,15,16)/t6?,7?,8-,9+,10+,11-,12?,14?. The maximum atomic E-state index is 11.7. The summed E-state index contributed by atoms with van der Waals surface area (Å²) in [4.78, 5) is 11.7. The zero-order chi connectivity index (χ0) is 10.7. The first kappa shape index (κ1) is 8.54. The van der Waals surface area contributed by atoms with Crippen molar-refractivity contribution in [3.63, 3.8) is 0 Å². The molecule has 6 aliphatic rings. The Bertz CT molecular complexity index is 378. The minimum Gasteiger partial charge on any atom is -0.481 e. The second kappa shape index (κ2) is 2.21. The predicted molar refractivity (Wildman–Crippen MR) is 57.6 cm³/mol. The molecule has 6 fully saturated rings. The van der Waals surface area contributed by atoms with E-state index in [1.54, 1.807) is 0 Å². The number of hydrogen-bond acceptors (Lipinski definition) is 1. The number of carboxylic acid groups (broad SMARTS) is 1. The number of rotatable bonds is 1. The molecule has 0 aliphatic heterocycles. The second-order valence-corrected chi connectivity index (χ2v) is 7.29. The summed E-state index contributed by atoms with van der Waals surface area (Å²) < 4.78 is 0. The van der Waals surface area contributed by atoms with Crippen LogP contribution >= 0.6 is 0 Å². The summed E-state index contributed by atoms with van der Waals surface area (Å²) in [5.74, 6) is 5.32. The van der Waals surface area contributed by atoms with Crippen LogP contribution in [0.2, 0.25) is 0 Å². The fraction of sp³-hybridized carbons (Fsp3) is 0.929. The van der Waals surface area contributed by atoms with Gasteiger partial charge in [-0.2, -0.15) is 0 Å². The van der Waals surface area contributed by atoms with Crippen LogP contribution in [-0.4, -0.2) is 11.1 Å². The normalized spacial score (nSPS) is 68.1. The van der Waals surface area contributed by atoms with Gasteiger partial charge in [0.05, 0.1) is 5.41 Å². The van der Waals surface area contributed by atoms with E-state index in [0.29, 0.717) is 5.92 Å². The second-order valence-electron chi connectivity index (χ2n) is 7.29. The maximum Gasteiger partial charge on any atom is 0.309 e. The van der Waals surface area contributed by atoms with Gasteiger partial charge in [-0.15, -0.1) is 0 Å². The smallest absolute Gasteiger partial charge is 0.309 e. The van der Waals surface area contributed by atoms with Crippen LogP contribution in [-0.2, 0) is 4.79 Å². The first-order valence-electron chi connectivity index (χ1n) is 6.94. The maximum absolute atomic E-state index is 11.7. The van der Waals surface area contributed by atoms with Crippen LogP contribution in [0, 0.1) is 46.8 Å². The average Bonchev–Trinajstić information content (AvgIpc) is 2.73. The van der Waals surface area contributed by atoms with Crippen molar-refractivity contribution in [3.8, 4) is 0 Å². The Morgan fingerprint density at radius 2 is 1.50 bits per heavy atom. The van der Waals surface area contributed by atoms with Crippen LogP contribution in [0.15, 0.2) is 0 Å². The topological polar surface area (TPSA) is 37.3 Å². The molecule has 6 rings (SSSR count). The van der Waals surface area contributed by atoms with Gasteiger partial charge in [0.25, 0.3) is 0 Å². The van der Waals surface area contributed by atoms with Crippen molar-refractivity contribution in [3.05, 3.63) is 0 Å². The monoisotopic (exact) mass is 218 g/mol. The molecule has 0 amide bonds. The van der Waals surface area contributed by atoms with Crippen LogP contribution in [0.1, 0.15) is 32.1 Å². The van der Waals surface area contributed by atoms with Gasteiger partial charge in [-0.3, -0.25) is 4.79 Å². The molecule has 6 saturated carbocycles. The highest BCUT2D eigenvalue weighted by molar-refractivity contribution is 5.77. The third kappa shape index (κ3) is 0.634. The van der Waals surface area contributed by atoms with Gasteiger partial charge < -0.3 is 5.11 Å². The lowest BCUT2D eigenvalue weighted by Gasteiger charge is -2.56. The molecule has 86 valence electrons. The predicted octanol–water partition coefficient (Wildman–Crippen LogP) is 2.39. The summed E-state index contributed by atoms with van der Waals surface area (Å²) >= 11 is 0. The van der Waals surface area contributed by atoms with E-state index in [-0.39, 0.29) is 5.41 Å². The minimum atomic E-state index is -0.448. The van der Waals surface area contributed by atoms with E-state index in [1.165, 1.54) is 19.3 Å². The molecule has 0 heterocycles. The van der Waals surface area contributed by atoms with Crippen molar-refractivity contribution in [2.75, 3.05) is 0 Å². The molecule has 0 radical (unpaired) electrons. The molecule has 0 spiro atoms. The molecule has 2 heteroatoms. The van der Waals surface area contributed by atoms with E-state index < -0.39 is 5.97 Å². The molecule has 0 saturated heterocycles. The lowest BCUT2D eigenvalue weighted by molar-refractivity contribution is -0.151. The molecular formula is C14H18O2. The van der Waals surface area contributed by atoms with Gasteiger partial charge in [-0.05, 0) is 73.5 Å². The van der Waals surface area contributed by atoms with Crippen LogP contribution in [0.4, 0.5) is 0 Å². The highest BCUT2D eigenvalue weighted by atomic mass is 16.4. The fourth-order valence-electron chi connectivity index (χ4n) is 7.18. The summed E-state index contributed by atoms with van der Waals surface area (Å²) in [6.07, 6.45) is 6.29. The molecule has 1 N–H and O–H groups in total. The molecule has 8 atom stereocenters. The molecule has 7 bridgehead atoms. The van der Waals surface area contributed by atoms with Gasteiger partial charge >= 0.3 is 5.97 Å². The molecule has 2 nitrogen and oxygen atoms in total. The third-order valence-corrected chi connectivity index (χ3v) is 7.20. The zero-order valence-electron chi connectivity index (χ0n) is 9.43. The van der Waals surface area contributed by atoms with E-state index >= 15 is 0 Å². The third-order valence-electron chi connectivity index (χ3n) is 7.20. The summed E-state index contributed by atoms with van der Waals surface area (Å²) in [7, 11) is 0. The van der Waals surface area contributed by atoms with Gasteiger partial charge in [0.2, 0.25) is 0 Å². The molecule has 0 aromatic rings. The number of hydrogen-bond donors (Lipinski definition) is 1. The Labute approximate surface area is 95.4 Å². The van der Waals surface area contributed by atoms with Crippen molar-refractivity contribution >= 4 is 5.97 Å². The molecule has 4 unspecified atom stereocenters. The molecule has 6 aliphatic carbocycles. The Balaban J connectivity index is 1.73. The number of carbonyl (C=O) groups is 1. The van der Waals surface area contributed by atoms with Crippen molar-refractivity contribution in [1.82, 2.24) is 0 Å². The molecule has 0 aromatic heterocycles. The summed E-state index contributed by atoms with van der Waals surface area (Å²) in [6, 6.07) is 0. The summed E-state index contributed by atoms with van der Waals surface area (Å²) in [6.45, 7) is 0. The quantitative estimate of drug-likeness (QED) is 0.733. The average molecular weight is 218 g/mol. The van der Waals surface area contributed by atoms with Crippen molar-refractivity contribution in [2.45, 2.75) is 32.1 Å². The highest BCUT2D eigenvalue weighted by Gasteiger charge is 2.75. The van der Waals surface area contributed by atoms with Crippen molar-refractivity contribution in [2.24, 2.45) is 46.8 Å². The van der Waals surface area contributed by atoms with Gasteiger partial charge in [0.15, 0.2) is 0 Å².